The Kier molecular flexibility index (Phi) is 3.01. The summed E-state index contributed by atoms with van der Waals surface area (Å²) in [6.07, 6.45) is -0.722. The van der Waals surface area contributed by atoms with Gasteiger partial charge in [-0.1, -0.05) is 0 Å². The van der Waals surface area contributed by atoms with Gasteiger partial charge in [-0.3, -0.25) is 4.68 Å². The normalized spacial score (nSPS) is 13.5. The number of rotatable bonds is 4. The fraction of sp³-hybridized carbons (Fsp3) is 0.444. The Balaban J connectivity index is 2.52. The maximum Gasteiger partial charge on any atom is 0.109 e. The molecule has 0 aromatic carbocycles. The van der Waals surface area contributed by atoms with E-state index in [4.69, 9.17) is 10.8 Å². The van der Waals surface area contributed by atoms with E-state index in [0.29, 0.717) is 12.2 Å². The van der Waals surface area contributed by atoms with Crippen molar-refractivity contribution in [2.24, 2.45) is 5.73 Å². The van der Waals surface area contributed by atoms with Crippen LogP contribution in [-0.2, 0) is 6.54 Å². The largest absolute Gasteiger partial charge is 0.394 e. The van der Waals surface area contributed by atoms with Crippen molar-refractivity contribution in [3.8, 4) is 0 Å². The van der Waals surface area contributed by atoms with E-state index in [1.54, 1.807) is 4.68 Å². The maximum absolute atomic E-state index is 9.78. The SMILES string of the molecule is NCC(O)c1c2sccc2nn1CCO. The Hall–Kier alpha value is -0.950. The smallest absolute Gasteiger partial charge is 0.109 e. The molecule has 2 rings (SSSR count). The van der Waals surface area contributed by atoms with Gasteiger partial charge < -0.3 is 15.9 Å². The summed E-state index contributed by atoms with van der Waals surface area (Å²) in [5.74, 6) is 0. The van der Waals surface area contributed by atoms with Gasteiger partial charge in [0.1, 0.15) is 11.6 Å². The van der Waals surface area contributed by atoms with Gasteiger partial charge in [0.15, 0.2) is 0 Å². The van der Waals surface area contributed by atoms with Crippen LogP contribution in [0.5, 0.6) is 0 Å². The topological polar surface area (TPSA) is 84.3 Å². The molecule has 0 aliphatic rings. The highest BCUT2D eigenvalue weighted by Gasteiger charge is 2.18. The molecule has 0 saturated heterocycles. The molecule has 82 valence electrons. The van der Waals surface area contributed by atoms with Crippen LogP contribution in [0.25, 0.3) is 10.2 Å². The molecule has 0 radical (unpaired) electrons. The van der Waals surface area contributed by atoms with Crippen molar-refractivity contribution in [1.82, 2.24) is 9.78 Å². The van der Waals surface area contributed by atoms with Crippen LogP contribution in [0.15, 0.2) is 11.4 Å². The molecule has 0 fully saturated rings. The van der Waals surface area contributed by atoms with Gasteiger partial charge in [-0.05, 0) is 11.4 Å². The van der Waals surface area contributed by atoms with Gasteiger partial charge >= 0.3 is 0 Å². The summed E-state index contributed by atoms with van der Waals surface area (Å²) in [4.78, 5) is 0. The highest BCUT2D eigenvalue weighted by atomic mass is 32.1. The highest BCUT2D eigenvalue weighted by molar-refractivity contribution is 7.17. The second-order valence-electron chi connectivity index (χ2n) is 3.22. The number of hydrogen-bond acceptors (Lipinski definition) is 5. The zero-order valence-corrected chi connectivity index (χ0v) is 8.94. The standard InChI is InChI=1S/C9H13N3O2S/c10-5-7(14)8-9-6(1-4-15-9)11-12(8)2-3-13/h1,4,7,13-14H,2-3,5,10H2. The molecule has 0 saturated carbocycles. The Bertz CT molecular complexity index is 451. The lowest BCUT2D eigenvalue weighted by Crippen LogP contribution is -2.17. The number of thiophene rings is 1. The van der Waals surface area contributed by atoms with Crippen molar-refractivity contribution in [1.29, 1.82) is 0 Å². The van der Waals surface area contributed by atoms with Crippen molar-refractivity contribution in [2.45, 2.75) is 12.6 Å². The molecular formula is C9H13N3O2S. The van der Waals surface area contributed by atoms with Crippen LogP contribution in [0.1, 0.15) is 11.8 Å². The Morgan fingerprint density at radius 2 is 2.40 bits per heavy atom. The molecule has 0 bridgehead atoms. The molecule has 2 heterocycles. The lowest BCUT2D eigenvalue weighted by atomic mass is 10.2. The molecular weight excluding hydrogens is 214 g/mol. The van der Waals surface area contributed by atoms with Gasteiger partial charge in [0.2, 0.25) is 0 Å². The van der Waals surface area contributed by atoms with Crippen molar-refractivity contribution in [3.05, 3.63) is 17.1 Å². The number of aliphatic hydroxyl groups excluding tert-OH is 2. The van der Waals surface area contributed by atoms with Gasteiger partial charge in [-0.25, -0.2) is 0 Å². The number of aliphatic hydroxyl groups is 2. The van der Waals surface area contributed by atoms with Crippen molar-refractivity contribution < 1.29 is 10.2 Å². The predicted octanol–water partition coefficient (Wildman–Crippen LogP) is 0.0822. The van der Waals surface area contributed by atoms with Crippen molar-refractivity contribution >= 4 is 21.6 Å². The van der Waals surface area contributed by atoms with Crippen LogP contribution >= 0.6 is 11.3 Å². The van der Waals surface area contributed by atoms with Crippen molar-refractivity contribution in [3.63, 3.8) is 0 Å². The van der Waals surface area contributed by atoms with Gasteiger partial charge in [0.05, 0.1) is 23.5 Å². The summed E-state index contributed by atoms with van der Waals surface area (Å²) in [5, 5.41) is 24.9. The number of nitrogens with zero attached hydrogens (tertiary/aromatic N) is 2. The third kappa shape index (κ3) is 1.76. The van der Waals surface area contributed by atoms with E-state index in [1.165, 1.54) is 11.3 Å². The lowest BCUT2D eigenvalue weighted by Gasteiger charge is -2.10. The minimum absolute atomic E-state index is 0.000762. The van der Waals surface area contributed by atoms with Crippen LogP contribution < -0.4 is 5.73 Å². The molecule has 0 spiro atoms. The van der Waals surface area contributed by atoms with Crippen LogP contribution in [0.2, 0.25) is 0 Å². The number of aromatic nitrogens is 2. The Morgan fingerprint density at radius 1 is 1.60 bits per heavy atom. The molecule has 15 heavy (non-hydrogen) atoms. The Morgan fingerprint density at radius 3 is 3.07 bits per heavy atom. The van der Waals surface area contributed by atoms with Crippen LogP contribution in [0.3, 0.4) is 0 Å². The van der Waals surface area contributed by atoms with Crippen LogP contribution in [-0.4, -0.2) is 33.1 Å². The molecule has 0 aliphatic carbocycles. The average Bonchev–Trinajstić information content (AvgIpc) is 2.77. The second-order valence-corrected chi connectivity index (χ2v) is 4.13. The lowest BCUT2D eigenvalue weighted by molar-refractivity contribution is 0.172. The zero-order valence-electron chi connectivity index (χ0n) is 8.13. The summed E-state index contributed by atoms with van der Waals surface area (Å²) in [6.45, 7) is 0.539. The first kappa shape index (κ1) is 10.6. The summed E-state index contributed by atoms with van der Waals surface area (Å²) in [5.41, 5.74) is 6.99. The highest BCUT2D eigenvalue weighted by Crippen LogP contribution is 2.28. The van der Waals surface area contributed by atoms with Crippen LogP contribution in [0.4, 0.5) is 0 Å². The van der Waals surface area contributed by atoms with Gasteiger partial charge in [0.25, 0.3) is 0 Å². The summed E-state index contributed by atoms with van der Waals surface area (Å²) in [6, 6.07) is 1.89. The number of nitrogens with two attached hydrogens (primary N) is 1. The molecule has 6 heteroatoms. The van der Waals surface area contributed by atoms with E-state index in [9.17, 15) is 5.11 Å². The minimum atomic E-state index is -0.722. The fourth-order valence-electron chi connectivity index (χ4n) is 1.57. The summed E-state index contributed by atoms with van der Waals surface area (Å²) in [7, 11) is 0. The molecule has 0 aliphatic heterocycles. The van der Waals surface area contributed by atoms with E-state index >= 15 is 0 Å². The molecule has 0 amide bonds. The van der Waals surface area contributed by atoms with Gasteiger partial charge in [-0.15, -0.1) is 11.3 Å². The average molecular weight is 227 g/mol. The molecule has 4 N–H and O–H groups in total. The van der Waals surface area contributed by atoms with E-state index in [1.807, 2.05) is 11.4 Å². The molecule has 5 nitrogen and oxygen atoms in total. The van der Waals surface area contributed by atoms with E-state index in [2.05, 4.69) is 5.10 Å². The van der Waals surface area contributed by atoms with Crippen molar-refractivity contribution in [2.75, 3.05) is 13.2 Å². The van der Waals surface area contributed by atoms with E-state index in [0.717, 1.165) is 10.2 Å². The molecule has 2 aromatic rings. The Labute approximate surface area is 90.7 Å². The quantitative estimate of drug-likeness (QED) is 0.690. The predicted molar refractivity (Wildman–Crippen MR) is 58.7 cm³/mol. The second kappa shape index (κ2) is 4.28. The van der Waals surface area contributed by atoms with Gasteiger partial charge in [0, 0.05) is 6.54 Å². The first-order chi connectivity index (χ1) is 7.27. The molecule has 1 atom stereocenters. The monoisotopic (exact) mass is 227 g/mol. The van der Waals surface area contributed by atoms with Gasteiger partial charge in [-0.2, -0.15) is 5.10 Å². The van der Waals surface area contributed by atoms with Crippen LogP contribution in [0, 0.1) is 0 Å². The maximum atomic E-state index is 9.78. The molecule has 1 unspecified atom stereocenters. The third-order valence-corrected chi connectivity index (χ3v) is 3.16. The summed E-state index contributed by atoms with van der Waals surface area (Å²) < 4.78 is 2.57. The van der Waals surface area contributed by atoms with E-state index < -0.39 is 6.10 Å². The zero-order chi connectivity index (χ0) is 10.8. The fourth-order valence-corrected chi connectivity index (χ4v) is 2.50. The summed E-state index contributed by atoms with van der Waals surface area (Å²) >= 11 is 1.52. The first-order valence-corrected chi connectivity index (χ1v) is 5.58. The first-order valence-electron chi connectivity index (χ1n) is 4.70. The number of hydrogen-bond donors (Lipinski definition) is 3. The minimum Gasteiger partial charge on any atom is -0.394 e. The third-order valence-electron chi connectivity index (χ3n) is 2.23. The molecule has 2 aromatic heterocycles. The number of fused-ring (bicyclic) bond motifs is 1. The van der Waals surface area contributed by atoms with E-state index in [-0.39, 0.29) is 13.2 Å².